The summed E-state index contributed by atoms with van der Waals surface area (Å²) in [4.78, 5) is 36.1. The van der Waals surface area contributed by atoms with Crippen molar-refractivity contribution in [3.05, 3.63) is 102 Å². The van der Waals surface area contributed by atoms with Crippen LogP contribution in [0.1, 0.15) is 42.1 Å². The Morgan fingerprint density at radius 1 is 1.04 bits per heavy atom. The molecule has 3 N–H and O–H groups in total. The number of quaternary nitrogens is 1. The van der Waals surface area contributed by atoms with Crippen molar-refractivity contribution in [2.75, 3.05) is 51.6 Å². The summed E-state index contributed by atoms with van der Waals surface area (Å²) in [5.41, 5.74) is 2.28. The summed E-state index contributed by atoms with van der Waals surface area (Å²) >= 11 is 0. The minimum Gasteiger partial charge on any atom is -0.465 e. The fourth-order valence-corrected chi connectivity index (χ4v) is 7.69. The van der Waals surface area contributed by atoms with Crippen molar-refractivity contribution in [1.82, 2.24) is 24.6 Å². The van der Waals surface area contributed by atoms with Crippen LogP contribution in [0, 0.1) is 23.5 Å². The topological polar surface area (TPSA) is 121 Å². The van der Waals surface area contributed by atoms with Crippen LogP contribution in [0.2, 0.25) is 0 Å². The van der Waals surface area contributed by atoms with Gasteiger partial charge in [-0.1, -0.05) is 25.1 Å². The number of amides is 2. The van der Waals surface area contributed by atoms with Gasteiger partial charge in [-0.3, -0.25) is 9.20 Å². The predicted octanol–water partition coefficient (Wildman–Crippen LogP) is 7.36. The van der Waals surface area contributed by atoms with Crippen molar-refractivity contribution in [1.29, 1.82) is 0 Å². The Kier molecular flexibility index (Phi) is 10.4. The molecule has 0 spiro atoms. The molecular formula is C40H44F2N7O4+. The number of nitrogens with one attached hydrogen (secondary N) is 2. The number of imidazole rings is 1. The lowest BCUT2D eigenvalue weighted by molar-refractivity contribution is -0.918. The van der Waals surface area contributed by atoms with Gasteiger partial charge in [-0.25, -0.2) is 24.1 Å². The van der Waals surface area contributed by atoms with Crippen molar-refractivity contribution < 1.29 is 32.7 Å². The van der Waals surface area contributed by atoms with E-state index in [0.29, 0.717) is 52.1 Å². The molecule has 2 fully saturated rings. The SMILES string of the molecule is CCc1cc(Nc2nccn3c(-c4ccc(Oc5ccccc5)c(F)c4F)cnc23)ccc1C(=O)N(CC1CC[N+](C)(CC2CCNC2)CC1)C(=O)O. The molecule has 1 unspecified atom stereocenters. The van der Waals surface area contributed by atoms with Gasteiger partial charge in [-0.2, -0.15) is 4.39 Å². The van der Waals surface area contributed by atoms with E-state index in [1.165, 1.54) is 30.9 Å². The number of para-hydroxylation sites is 1. The van der Waals surface area contributed by atoms with Gasteiger partial charge in [0.15, 0.2) is 23.0 Å². The number of carbonyl (C=O) groups is 2. The summed E-state index contributed by atoms with van der Waals surface area (Å²) in [6.07, 6.45) is 6.75. The van der Waals surface area contributed by atoms with E-state index in [-0.39, 0.29) is 23.8 Å². The van der Waals surface area contributed by atoms with Crippen molar-refractivity contribution in [3.63, 3.8) is 0 Å². The third kappa shape index (κ3) is 7.72. The molecule has 13 heteroatoms. The third-order valence-corrected chi connectivity index (χ3v) is 10.6. The lowest BCUT2D eigenvalue weighted by Gasteiger charge is -2.42. The van der Waals surface area contributed by atoms with Crippen LogP contribution in [-0.4, -0.2) is 87.2 Å². The Bertz CT molecular complexity index is 2110. The van der Waals surface area contributed by atoms with E-state index in [1.807, 2.05) is 6.92 Å². The second-order valence-corrected chi connectivity index (χ2v) is 14.4. The van der Waals surface area contributed by atoms with Crippen LogP contribution in [0.15, 0.2) is 79.3 Å². The standard InChI is InChI=1S/C40H43F2N7O4/c1-3-28-21-29(9-10-31(28)39(50)48(40(51)52)24-26-14-19-49(2,20-15-26)25-27-13-16-43-22-27)46-37-38-45-23-33(47(38)18-17-44-37)32-11-12-34(36(42)35(32)41)53-30-7-5-4-6-8-30/h4-12,17-18,21,23,26-27,43H,3,13-16,19-20,22,24-25H2,1-2H3,(H-,44,46,50,51,52)/p+1. The molecule has 7 rings (SSSR count). The van der Waals surface area contributed by atoms with E-state index in [9.17, 15) is 14.7 Å². The number of aryl methyl sites for hydroxylation is 1. The van der Waals surface area contributed by atoms with Crippen molar-refractivity contribution in [2.45, 2.75) is 32.6 Å². The average molecular weight is 725 g/mol. The maximum atomic E-state index is 15.4. The number of hydrogen-bond acceptors (Lipinski definition) is 7. The monoisotopic (exact) mass is 724 g/mol. The van der Waals surface area contributed by atoms with Crippen molar-refractivity contribution in [2.24, 2.45) is 11.8 Å². The van der Waals surface area contributed by atoms with E-state index in [0.717, 1.165) is 54.9 Å². The highest BCUT2D eigenvalue weighted by Gasteiger charge is 2.36. The molecular weight excluding hydrogens is 680 g/mol. The molecule has 0 bridgehead atoms. The molecule has 1 atom stereocenters. The van der Waals surface area contributed by atoms with E-state index in [1.54, 1.807) is 59.1 Å². The highest BCUT2D eigenvalue weighted by Crippen LogP contribution is 2.34. The Hall–Kier alpha value is -5.40. The van der Waals surface area contributed by atoms with Crippen LogP contribution in [0.4, 0.5) is 25.1 Å². The molecule has 0 aliphatic carbocycles. The van der Waals surface area contributed by atoms with Gasteiger partial charge >= 0.3 is 6.09 Å². The first-order chi connectivity index (χ1) is 25.6. The van der Waals surface area contributed by atoms with Gasteiger partial charge in [0.1, 0.15) is 5.75 Å². The summed E-state index contributed by atoms with van der Waals surface area (Å²) in [5, 5.41) is 16.8. The molecule has 53 heavy (non-hydrogen) atoms. The summed E-state index contributed by atoms with van der Waals surface area (Å²) in [5.74, 6) is -1.44. The number of aromatic nitrogens is 3. The Morgan fingerprint density at radius 3 is 2.55 bits per heavy atom. The first-order valence-electron chi connectivity index (χ1n) is 18.1. The molecule has 2 saturated heterocycles. The number of piperidine rings is 1. The number of hydrogen-bond donors (Lipinski definition) is 3. The number of rotatable bonds is 11. The first-order valence-corrected chi connectivity index (χ1v) is 18.1. The number of nitrogens with zero attached hydrogens (tertiary/aromatic N) is 5. The van der Waals surface area contributed by atoms with Crippen LogP contribution < -0.4 is 15.4 Å². The quantitative estimate of drug-likeness (QED) is 0.121. The number of imide groups is 1. The highest BCUT2D eigenvalue weighted by molar-refractivity contribution is 6.03. The van der Waals surface area contributed by atoms with E-state index in [2.05, 4.69) is 27.6 Å². The van der Waals surface area contributed by atoms with Gasteiger partial charge in [0, 0.05) is 61.1 Å². The molecule has 5 aromatic rings. The molecule has 2 amide bonds. The molecule has 0 radical (unpaired) electrons. The summed E-state index contributed by atoms with van der Waals surface area (Å²) < 4.78 is 38.7. The minimum absolute atomic E-state index is 0.00498. The average Bonchev–Trinajstić information content (AvgIpc) is 3.84. The van der Waals surface area contributed by atoms with Gasteiger partial charge in [-0.15, -0.1) is 0 Å². The zero-order valence-electron chi connectivity index (χ0n) is 29.9. The lowest BCUT2D eigenvalue weighted by Crippen LogP contribution is -2.54. The molecule has 11 nitrogen and oxygen atoms in total. The smallest absolute Gasteiger partial charge is 0.414 e. The van der Waals surface area contributed by atoms with Gasteiger partial charge in [0.25, 0.3) is 5.91 Å². The van der Waals surface area contributed by atoms with E-state index >= 15 is 8.78 Å². The van der Waals surface area contributed by atoms with Crippen molar-refractivity contribution in [3.8, 4) is 22.8 Å². The molecule has 0 saturated carbocycles. The first kappa shape index (κ1) is 36.0. The maximum Gasteiger partial charge on any atom is 0.414 e. The summed E-state index contributed by atoms with van der Waals surface area (Å²) in [6, 6.07) is 16.5. The number of fused-ring (bicyclic) bond motifs is 1. The Balaban J connectivity index is 1.06. The zero-order valence-corrected chi connectivity index (χ0v) is 29.9. The molecule has 2 aliphatic heterocycles. The molecule has 4 heterocycles. The lowest BCUT2D eigenvalue weighted by atomic mass is 9.93. The predicted molar refractivity (Wildman–Crippen MR) is 198 cm³/mol. The fraction of sp³-hybridized carbons (Fsp3) is 0.350. The maximum absolute atomic E-state index is 15.4. The Morgan fingerprint density at radius 2 is 1.83 bits per heavy atom. The second-order valence-electron chi connectivity index (χ2n) is 14.4. The number of likely N-dealkylation sites (tertiary alicyclic amines) is 1. The largest absolute Gasteiger partial charge is 0.465 e. The van der Waals surface area contributed by atoms with E-state index in [4.69, 9.17) is 4.74 Å². The normalized spacial score (nSPS) is 20.0. The van der Waals surface area contributed by atoms with Crippen LogP contribution in [-0.2, 0) is 6.42 Å². The number of anilines is 2. The number of ether oxygens (including phenoxy) is 1. The zero-order chi connectivity index (χ0) is 37.1. The molecule has 2 aromatic heterocycles. The third-order valence-electron chi connectivity index (χ3n) is 10.6. The fourth-order valence-electron chi connectivity index (χ4n) is 7.69. The number of benzene rings is 3. The van der Waals surface area contributed by atoms with Crippen molar-refractivity contribution >= 4 is 29.2 Å². The van der Waals surface area contributed by atoms with Crippen LogP contribution in [0.3, 0.4) is 0 Å². The van der Waals surface area contributed by atoms with Gasteiger partial charge < -0.3 is 25.0 Å². The van der Waals surface area contributed by atoms with E-state index < -0.39 is 23.6 Å². The minimum atomic E-state index is -1.25. The molecule has 276 valence electrons. The summed E-state index contributed by atoms with van der Waals surface area (Å²) in [7, 11) is 2.29. The Labute approximate surface area is 306 Å². The number of halogens is 2. The van der Waals surface area contributed by atoms with Crippen LogP contribution >= 0.6 is 0 Å². The summed E-state index contributed by atoms with van der Waals surface area (Å²) in [6.45, 7) is 7.30. The molecule has 2 aliphatic rings. The van der Waals surface area contributed by atoms with Gasteiger partial charge in [0.2, 0.25) is 5.82 Å². The van der Waals surface area contributed by atoms with Gasteiger partial charge in [0.05, 0.1) is 38.6 Å². The molecule has 3 aromatic carbocycles. The number of carboxylic acid groups (broad SMARTS) is 1. The number of carbonyl (C=O) groups excluding carboxylic acids is 1. The van der Waals surface area contributed by atoms with Gasteiger partial charge in [-0.05, 0) is 73.3 Å². The second kappa shape index (κ2) is 15.3. The van der Waals surface area contributed by atoms with Crippen LogP contribution in [0.25, 0.3) is 16.9 Å². The highest BCUT2D eigenvalue weighted by atomic mass is 19.2. The van der Waals surface area contributed by atoms with Crippen LogP contribution in [0.5, 0.6) is 11.5 Å².